The lowest BCUT2D eigenvalue weighted by Gasteiger charge is -2.13. The van der Waals surface area contributed by atoms with Gasteiger partial charge in [-0.1, -0.05) is 12.1 Å². The summed E-state index contributed by atoms with van der Waals surface area (Å²) in [6.45, 7) is 0. The third kappa shape index (κ3) is 3.11. The number of nitrogens with zero attached hydrogens (tertiary/aromatic N) is 5. The first-order valence-electron chi connectivity index (χ1n) is 7.80. The molecule has 0 fully saturated rings. The summed E-state index contributed by atoms with van der Waals surface area (Å²) < 4.78 is 17.6. The second kappa shape index (κ2) is 6.41. The Balaban J connectivity index is 1.98. The predicted molar refractivity (Wildman–Crippen MR) is 102 cm³/mol. The number of ether oxygens (including phenoxy) is 1. The lowest BCUT2D eigenvalue weighted by Crippen LogP contribution is -2.14. The first-order valence-corrected chi connectivity index (χ1v) is 9.59. The molecule has 0 radical (unpaired) electrons. The highest BCUT2D eigenvalue weighted by atomic mass is 32.2. The fraction of sp³-hybridized carbons (Fsp3) is 0.0588. The van der Waals surface area contributed by atoms with Crippen LogP contribution in [0.2, 0.25) is 0 Å². The molecule has 27 heavy (non-hydrogen) atoms. The summed E-state index contributed by atoms with van der Waals surface area (Å²) in [6, 6.07) is 10.8. The second-order valence-corrected chi connectivity index (χ2v) is 7.66. The molecule has 9 nitrogen and oxygen atoms in total. The average molecular weight is 381 g/mol. The average Bonchev–Trinajstić information content (AvgIpc) is 3.20. The van der Waals surface area contributed by atoms with Crippen LogP contribution in [0.5, 0.6) is 5.88 Å². The first-order chi connectivity index (χ1) is 13.0. The Labute approximate surface area is 154 Å². The largest absolute Gasteiger partial charge is 0.481 e. The molecule has 0 saturated heterocycles. The summed E-state index contributed by atoms with van der Waals surface area (Å²) in [5.41, 5.74) is 2.52. The van der Waals surface area contributed by atoms with Crippen LogP contribution in [0.1, 0.15) is 0 Å². The third-order valence-corrected chi connectivity index (χ3v) is 5.09. The molecule has 3 aromatic heterocycles. The minimum absolute atomic E-state index is 0.273. The van der Waals surface area contributed by atoms with Crippen LogP contribution in [0, 0.1) is 0 Å². The van der Waals surface area contributed by atoms with Crippen LogP contribution in [-0.4, -0.2) is 47.8 Å². The summed E-state index contributed by atoms with van der Waals surface area (Å²) in [5, 5.41) is 20.7. The van der Waals surface area contributed by atoms with Crippen molar-refractivity contribution in [3.8, 4) is 28.4 Å². The smallest absolute Gasteiger partial charge is 0.215 e. The van der Waals surface area contributed by atoms with E-state index in [1.54, 1.807) is 31.5 Å². The van der Waals surface area contributed by atoms with E-state index in [4.69, 9.17) is 9.88 Å². The summed E-state index contributed by atoms with van der Waals surface area (Å²) in [7, 11) is -1.46. The number of methoxy groups -OCH3 is 1. The summed E-state index contributed by atoms with van der Waals surface area (Å²) in [4.78, 5) is 9.06. The van der Waals surface area contributed by atoms with Gasteiger partial charge in [-0.2, -0.15) is 10.2 Å². The van der Waals surface area contributed by atoms with E-state index in [1.807, 2.05) is 18.2 Å². The molecule has 0 aliphatic carbocycles. The molecule has 4 aromatic rings. The van der Waals surface area contributed by atoms with E-state index in [0.717, 1.165) is 10.9 Å². The molecule has 0 spiro atoms. The zero-order valence-corrected chi connectivity index (χ0v) is 15.1. The number of pyridine rings is 2. The molecule has 3 heterocycles. The maximum Gasteiger partial charge on any atom is 0.215 e. The maximum atomic E-state index is 12.5. The van der Waals surface area contributed by atoms with Crippen molar-refractivity contribution in [2.24, 2.45) is 5.14 Å². The monoisotopic (exact) mass is 381 g/mol. The number of nitrogens with one attached hydrogen (secondary N) is 1. The normalized spacial score (nSPS) is 13.4. The van der Waals surface area contributed by atoms with Gasteiger partial charge in [-0.25, -0.2) is 9.19 Å². The molecule has 4 rings (SSSR count). The zero-order chi connectivity index (χ0) is 19.0. The summed E-state index contributed by atoms with van der Waals surface area (Å²) in [6.07, 6.45) is 1.67. The molecular formula is C17H15N7O2S. The van der Waals surface area contributed by atoms with Gasteiger partial charge in [0, 0.05) is 28.8 Å². The maximum absolute atomic E-state index is 12.5. The number of aromatic amines is 1. The van der Waals surface area contributed by atoms with Crippen molar-refractivity contribution in [2.45, 2.75) is 4.90 Å². The van der Waals surface area contributed by atoms with Gasteiger partial charge < -0.3 is 4.74 Å². The molecule has 0 amide bonds. The van der Waals surface area contributed by atoms with Crippen molar-refractivity contribution in [3.05, 3.63) is 42.6 Å². The number of hydrogen-bond acceptors (Lipinski definition) is 7. The van der Waals surface area contributed by atoms with E-state index in [9.17, 15) is 4.21 Å². The van der Waals surface area contributed by atoms with Gasteiger partial charge in [0.15, 0.2) is 5.65 Å². The van der Waals surface area contributed by atoms with Crippen LogP contribution in [0.15, 0.2) is 47.5 Å². The Morgan fingerprint density at radius 1 is 1.26 bits per heavy atom. The number of nitrogens with two attached hydrogens (primary N) is 1. The molecule has 0 saturated carbocycles. The van der Waals surface area contributed by atoms with Crippen molar-refractivity contribution >= 4 is 26.6 Å². The van der Waals surface area contributed by atoms with Crippen LogP contribution in [-0.2, 0) is 9.71 Å². The number of tetrazole rings is 1. The van der Waals surface area contributed by atoms with Crippen LogP contribution in [0.4, 0.5) is 0 Å². The molecule has 1 atom stereocenters. The fourth-order valence-electron chi connectivity index (χ4n) is 2.81. The van der Waals surface area contributed by atoms with E-state index in [1.165, 1.54) is 0 Å². The number of fused-ring (bicyclic) bond motifs is 1. The molecule has 1 aromatic carbocycles. The van der Waals surface area contributed by atoms with Crippen molar-refractivity contribution in [3.63, 3.8) is 0 Å². The highest BCUT2D eigenvalue weighted by molar-refractivity contribution is 7.98. The predicted octanol–water partition coefficient (Wildman–Crippen LogP) is 1.43. The number of hydrogen-bond donors (Lipinski definition) is 2. The van der Waals surface area contributed by atoms with Crippen LogP contribution in [0.25, 0.3) is 33.5 Å². The first kappa shape index (κ1) is 17.1. The number of benzene rings is 1. The summed E-state index contributed by atoms with van der Waals surface area (Å²) in [5.74, 6) is 4.35. The molecule has 0 bridgehead atoms. The molecule has 136 valence electrons. The Kier molecular flexibility index (Phi) is 4.05. The van der Waals surface area contributed by atoms with E-state index in [2.05, 4.69) is 36.5 Å². The Morgan fingerprint density at radius 2 is 2.11 bits per heavy atom. The van der Waals surface area contributed by atoms with Gasteiger partial charge >= 0.3 is 0 Å². The molecule has 10 heteroatoms. The van der Waals surface area contributed by atoms with Gasteiger partial charge in [0.25, 0.3) is 0 Å². The summed E-state index contributed by atoms with van der Waals surface area (Å²) >= 11 is 0. The lowest BCUT2D eigenvalue weighted by molar-refractivity contribution is 0.399. The molecule has 0 aliphatic heterocycles. The van der Waals surface area contributed by atoms with Gasteiger partial charge in [0.2, 0.25) is 11.7 Å². The van der Waals surface area contributed by atoms with E-state index >= 15 is 0 Å². The van der Waals surface area contributed by atoms with Crippen LogP contribution >= 0.6 is 0 Å². The third-order valence-electron chi connectivity index (χ3n) is 4.00. The standard InChI is InChI=1S/C17H15N7O2S/c1-26-14-7-6-10-8-11(9-19-16(10)20-14)12-4-3-5-13(27(2,18)25)15(12)17-21-23-24-22-17/h3-9H,2H2,1H3,(H2,18,25)(H,21,22,23,24). The SMILES string of the molecule is C=S(N)(=O)c1cccc(-c2cnc3nc(OC)ccc3c2)c1-c1nn[nH]n1. The molecule has 3 N–H and O–H groups in total. The topological polar surface area (TPSA) is 133 Å². The molecule has 1 unspecified atom stereocenters. The minimum Gasteiger partial charge on any atom is -0.481 e. The van der Waals surface area contributed by atoms with Gasteiger partial charge in [-0.15, -0.1) is 10.2 Å². The van der Waals surface area contributed by atoms with E-state index in [0.29, 0.717) is 27.5 Å². The Morgan fingerprint density at radius 3 is 2.81 bits per heavy atom. The Bertz CT molecular complexity index is 1240. The van der Waals surface area contributed by atoms with Gasteiger partial charge in [-0.05, 0) is 34.8 Å². The molecular weight excluding hydrogens is 366 g/mol. The van der Waals surface area contributed by atoms with Gasteiger partial charge in [0.05, 0.1) is 21.7 Å². The highest BCUT2D eigenvalue weighted by Gasteiger charge is 2.20. The van der Waals surface area contributed by atoms with Crippen molar-refractivity contribution in [1.29, 1.82) is 0 Å². The van der Waals surface area contributed by atoms with Crippen molar-refractivity contribution in [1.82, 2.24) is 30.6 Å². The minimum atomic E-state index is -3.01. The van der Waals surface area contributed by atoms with Gasteiger partial charge in [-0.3, -0.25) is 5.14 Å². The zero-order valence-electron chi connectivity index (χ0n) is 14.3. The van der Waals surface area contributed by atoms with E-state index < -0.39 is 9.71 Å². The lowest BCUT2D eigenvalue weighted by atomic mass is 10.00. The van der Waals surface area contributed by atoms with E-state index in [-0.39, 0.29) is 5.82 Å². The number of rotatable bonds is 4. The quantitative estimate of drug-likeness (QED) is 0.511. The van der Waals surface area contributed by atoms with Gasteiger partial charge in [0.1, 0.15) is 0 Å². The van der Waals surface area contributed by atoms with Crippen molar-refractivity contribution in [2.75, 3.05) is 7.11 Å². The molecule has 0 aliphatic rings. The Hall–Kier alpha value is -3.37. The van der Waals surface area contributed by atoms with Crippen LogP contribution < -0.4 is 9.88 Å². The highest BCUT2D eigenvalue weighted by Crippen LogP contribution is 2.35. The van der Waals surface area contributed by atoms with Crippen molar-refractivity contribution < 1.29 is 8.95 Å². The number of aromatic nitrogens is 6. The second-order valence-electron chi connectivity index (χ2n) is 5.76. The number of H-pyrrole nitrogens is 1. The fourth-order valence-corrected chi connectivity index (χ4v) is 3.67. The van der Waals surface area contributed by atoms with Crippen LogP contribution in [0.3, 0.4) is 0 Å².